The first kappa shape index (κ1) is 9.74. The topological polar surface area (TPSA) is 38.7 Å². The minimum Gasteiger partial charge on any atom is -0.390 e. The van der Waals surface area contributed by atoms with Crippen LogP contribution < -0.4 is 0 Å². The Morgan fingerprint density at radius 1 is 1.50 bits per heavy atom. The Morgan fingerprint density at radius 2 is 2.10 bits per heavy atom. The fourth-order valence-corrected chi connectivity index (χ4v) is 0.320. The lowest BCUT2D eigenvalue weighted by molar-refractivity contribution is -0.139. The van der Waals surface area contributed by atoms with Gasteiger partial charge >= 0.3 is 0 Å². The Hall–Kier alpha value is -0.260. The Labute approximate surface area is 57.6 Å². The van der Waals surface area contributed by atoms with Crippen LogP contribution in [0.2, 0.25) is 0 Å². The summed E-state index contributed by atoms with van der Waals surface area (Å²) in [5, 5.41) is 8.02. The molecule has 0 radical (unpaired) electrons. The molecule has 0 aliphatic heterocycles. The second kappa shape index (κ2) is 4.54. The van der Waals surface area contributed by atoms with E-state index >= 15 is 0 Å². The summed E-state index contributed by atoms with van der Waals surface area (Å²) in [5.41, 5.74) is 0. The summed E-state index contributed by atoms with van der Waals surface area (Å²) in [6.45, 7) is -2.19. The molecule has 0 rings (SSSR count). The van der Waals surface area contributed by atoms with Gasteiger partial charge in [0, 0.05) is 7.11 Å². The third-order valence-electron chi connectivity index (χ3n) is 0.746. The number of aliphatic hydroxyl groups excluding tert-OH is 1. The largest absolute Gasteiger partial charge is 0.390 e. The van der Waals surface area contributed by atoms with Crippen LogP contribution in [0.4, 0.5) is 8.78 Å². The summed E-state index contributed by atoms with van der Waals surface area (Å²) < 4.78 is 32.7. The molecule has 0 aliphatic rings. The molecule has 3 nitrogen and oxygen atoms in total. The zero-order valence-electron chi connectivity index (χ0n) is 5.64. The van der Waals surface area contributed by atoms with Gasteiger partial charge < -0.3 is 14.6 Å². The predicted octanol–water partition coefficient (Wildman–Crippen LogP) is 0.235. The SMILES string of the molecule is COCOCC(F)(F)CO. The van der Waals surface area contributed by atoms with Gasteiger partial charge in [0.2, 0.25) is 0 Å². The normalized spacial score (nSPS) is 12.0. The predicted molar refractivity (Wildman–Crippen MR) is 29.9 cm³/mol. The van der Waals surface area contributed by atoms with Gasteiger partial charge in [-0.25, -0.2) is 8.78 Å². The Balaban J connectivity index is 3.28. The van der Waals surface area contributed by atoms with E-state index in [1.165, 1.54) is 7.11 Å². The van der Waals surface area contributed by atoms with Crippen molar-refractivity contribution in [1.29, 1.82) is 0 Å². The van der Waals surface area contributed by atoms with Gasteiger partial charge in [0.05, 0.1) is 0 Å². The van der Waals surface area contributed by atoms with Crippen LogP contribution in [0.1, 0.15) is 0 Å². The van der Waals surface area contributed by atoms with Gasteiger partial charge in [-0.05, 0) is 0 Å². The highest BCUT2D eigenvalue weighted by Crippen LogP contribution is 2.11. The van der Waals surface area contributed by atoms with Gasteiger partial charge in [0.25, 0.3) is 5.92 Å². The van der Waals surface area contributed by atoms with Crippen LogP contribution in [0.15, 0.2) is 0 Å². The second-order valence-corrected chi connectivity index (χ2v) is 1.77. The molecule has 5 heteroatoms. The van der Waals surface area contributed by atoms with Crippen molar-refractivity contribution < 1.29 is 23.4 Å². The smallest absolute Gasteiger partial charge is 0.293 e. The van der Waals surface area contributed by atoms with Gasteiger partial charge in [-0.2, -0.15) is 0 Å². The van der Waals surface area contributed by atoms with Crippen molar-refractivity contribution in [3.63, 3.8) is 0 Å². The number of hydrogen-bond acceptors (Lipinski definition) is 3. The molecule has 0 aromatic heterocycles. The van der Waals surface area contributed by atoms with E-state index < -0.39 is 19.1 Å². The van der Waals surface area contributed by atoms with E-state index in [1.54, 1.807) is 0 Å². The van der Waals surface area contributed by atoms with Crippen LogP contribution in [0, 0.1) is 0 Å². The van der Waals surface area contributed by atoms with Gasteiger partial charge in [0.15, 0.2) is 0 Å². The van der Waals surface area contributed by atoms with Gasteiger partial charge in [-0.1, -0.05) is 0 Å². The Bertz CT molecular complexity index is 87.0. The average molecular weight is 156 g/mol. The molecule has 62 valence electrons. The Morgan fingerprint density at radius 3 is 2.50 bits per heavy atom. The number of ether oxygens (including phenoxy) is 2. The van der Waals surface area contributed by atoms with E-state index in [0.717, 1.165) is 0 Å². The summed E-state index contributed by atoms with van der Waals surface area (Å²) in [6, 6.07) is 0. The van der Waals surface area contributed by atoms with Gasteiger partial charge in [-0.3, -0.25) is 0 Å². The monoisotopic (exact) mass is 156 g/mol. The number of rotatable bonds is 5. The van der Waals surface area contributed by atoms with Crippen molar-refractivity contribution >= 4 is 0 Å². The molecule has 0 atom stereocenters. The van der Waals surface area contributed by atoms with E-state index in [2.05, 4.69) is 9.47 Å². The van der Waals surface area contributed by atoms with Crippen molar-refractivity contribution in [2.24, 2.45) is 0 Å². The molecule has 0 fully saturated rings. The second-order valence-electron chi connectivity index (χ2n) is 1.77. The van der Waals surface area contributed by atoms with Crippen LogP contribution in [0.5, 0.6) is 0 Å². The van der Waals surface area contributed by atoms with E-state index in [1.807, 2.05) is 0 Å². The fraction of sp³-hybridized carbons (Fsp3) is 1.00. The molecular formula is C5H10F2O3. The summed E-state index contributed by atoms with van der Waals surface area (Å²) in [5.74, 6) is -3.15. The maximum atomic E-state index is 12.0. The number of halogens is 2. The molecule has 0 aromatic carbocycles. The van der Waals surface area contributed by atoms with Crippen molar-refractivity contribution in [1.82, 2.24) is 0 Å². The quantitative estimate of drug-likeness (QED) is 0.457. The molecule has 0 saturated carbocycles. The molecule has 10 heavy (non-hydrogen) atoms. The summed E-state index contributed by atoms with van der Waals surface area (Å²) in [6.07, 6.45) is 0. The highest BCUT2D eigenvalue weighted by Gasteiger charge is 2.27. The number of hydrogen-bond donors (Lipinski definition) is 1. The maximum absolute atomic E-state index is 12.0. The summed E-state index contributed by atoms with van der Waals surface area (Å²) in [4.78, 5) is 0. The molecule has 0 amide bonds. The van der Waals surface area contributed by atoms with Gasteiger partial charge in [-0.15, -0.1) is 0 Å². The fourth-order valence-electron chi connectivity index (χ4n) is 0.320. The molecule has 0 heterocycles. The minimum absolute atomic E-state index is 0.185. The van der Waals surface area contributed by atoms with Crippen molar-refractivity contribution in [3.8, 4) is 0 Å². The van der Waals surface area contributed by atoms with E-state index in [9.17, 15) is 8.78 Å². The minimum atomic E-state index is -3.15. The standard InChI is InChI=1S/C5H10F2O3/c1-9-4-10-3-5(6,7)2-8/h8H,2-4H2,1H3. The highest BCUT2D eigenvalue weighted by molar-refractivity contribution is 4.60. The Kier molecular flexibility index (Phi) is 4.42. The summed E-state index contributed by atoms with van der Waals surface area (Å²) in [7, 11) is 1.33. The van der Waals surface area contributed by atoms with Crippen LogP contribution in [-0.4, -0.2) is 38.1 Å². The number of methoxy groups -OCH3 is 1. The van der Waals surface area contributed by atoms with Crippen molar-refractivity contribution in [2.75, 3.05) is 27.1 Å². The van der Waals surface area contributed by atoms with Crippen molar-refractivity contribution in [2.45, 2.75) is 5.92 Å². The molecule has 0 spiro atoms. The zero-order chi connectivity index (χ0) is 8.04. The highest BCUT2D eigenvalue weighted by atomic mass is 19.3. The average Bonchev–Trinajstić information content (AvgIpc) is 1.89. The first-order valence-corrected chi connectivity index (χ1v) is 2.68. The third kappa shape index (κ3) is 4.60. The lowest BCUT2D eigenvalue weighted by atomic mass is 10.4. The first-order valence-electron chi connectivity index (χ1n) is 2.68. The van der Waals surface area contributed by atoms with E-state index in [0.29, 0.717) is 0 Å². The lowest BCUT2D eigenvalue weighted by Gasteiger charge is -2.12. The zero-order valence-corrected chi connectivity index (χ0v) is 5.64. The van der Waals surface area contributed by atoms with Crippen LogP contribution in [0.25, 0.3) is 0 Å². The molecule has 0 saturated heterocycles. The van der Waals surface area contributed by atoms with E-state index in [-0.39, 0.29) is 6.79 Å². The maximum Gasteiger partial charge on any atom is 0.293 e. The molecular weight excluding hydrogens is 146 g/mol. The third-order valence-corrected chi connectivity index (χ3v) is 0.746. The van der Waals surface area contributed by atoms with Crippen molar-refractivity contribution in [3.05, 3.63) is 0 Å². The first-order chi connectivity index (χ1) is 4.62. The number of alkyl halides is 2. The number of aliphatic hydroxyl groups is 1. The molecule has 0 aliphatic carbocycles. The van der Waals surface area contributed by atoms with E-state index in [4.69, 9.17) is 5.11 Å². The molecule has 0 aromatic rings. The summed E-state index contributed by atoms with van der Waals surface area (Å²) >= 11 is 0. The lowest BCUT2D eigenvalue weighted by Crippen LogP contribution is -2.28. The van der Waals surface area contributed by atoms with Crippen LogP contribution >= 0.6 is 0 Å². The molecule has 0 bridgehead atoms. The van der Waals surface area contributed by atoms with Crippen LogP contribution in [-0.2, 0) is 9.47 Å². The van der Waals surface area contributed by atoms with Gasteiger partial charge in [0.1, 0.15) is 20.0 Å². The molecule has 0 unspecified atom stereocenters. The molecule has 1 N–H and O–H groups in total. The van der Waals surface area contributed by atoms with Crippen LogP contribution in [0.3, 0.4) is 0 Å².